The molecule has 0 aliphatic heterocycles. The van der Waals surface area contributed by atoms with Crippen molar-refractivity contribution in [2.45, 2.75) is 45.1 Å². The van der Waals surface area contributed by atoms with Crippen LogP contribution in [0.1, 0.15) is 39.2 Å². The van der Waals surface area contributed by atoms with Gasteiger partial charge in [0.25, 0.3) is 0 Å². The molecule has 1 aliphatic carbocycles. The second-order valence-corrected chi connectivity index (χ2v) is 5.72. The van der Waals surface area contributed by atoms with Crippen LogP contribution in [0.2, 0.25) is 0 Å². The van der Waals surface area contributed by atoms with Crippen molar-refractivity contribution < 1.29 is 0 Å². The summed E-state index contributed by atoms with van der Waals surface area (Å²) in [6.45, 7) is 9.10. The van der Waals surface area contributed by atoms with Gasteiger partial charge in [0.1, 0.15) is 0 Å². The van der Waals surface area contributed by atoms with Crippen molar-refractivity contribution in [2.24, 2.45) is 0 Å². The van der Waals surface area contributed by atoms with E-state index in [1.807, 2.05) is 0 Å². The number of nitrogens with zero attached hydrogens (tertiary/aromatic N) is 1. The summed E-state index contributed by atoms with van der Waals surface area (Å²) in [6, 6.07) is 11.5. The molecule has 0 bridgehead atoms. The molecule has 1 nitrogen and oxygen atoms in total. The van der Waals surface area contributed by atoms with Crippen LogP contribution in [0.5, 0.6) is 0 Å². The molecule has 1 unspecified atom stereocenters. The van der Waals surface area contributed by atoms with Crippen LogP contribution in [0.25, 0.3) is 0 Å². The molecule has 0 saturated carbocycles. The van der Waals surface area contributed by atoms with Crippen molar-refractivity contribution in [3.63, 3.8) is 0 Å². The molecule has 2 heteroatoms. The normalized spacial score (nSPS) is 17.5. The summed E-state index contributed by atoms with van der Waals surface area (Å²) in [4.78, 5) is 2.54. The van der Waals surface area contributed by atoms with Gasteiger partial charge in [0.15, 0.2) is 0 Å². The summed E-state index contributed by atoms with van der Waals surface area (Å²) in [5.41, 5.74) is 1.48. The van der Waals surface area contributed by atoms with Gasteiger partial charge in [-0.25, -0.2) is 0 Å². The van der Waals surface area contributed by atoms with E-state index in [1.165, 1.54) is 5.56 Å². The van der Waals surface area contributed by atoms with Gasteiger partial charge < -0.3 is 4.90 Å². The second kappa shape index (κ2) is 8.41. The fourth-order valence-electron chi connectivity index (χ4n) is 3.35. The average molecular weight is 306 g/mol. The number of hydrogen-bond acceptors (Lipinski definition) is 1. The van der Waals surface area contributed by atoms with Gasteiger partial charge in [-0.3, -0.25) is 0 Å². The van der Waals surface area contributed by atoms with E-state index in [1.54, 1.807) is 0 Å². The van der Waals surface area contributed by atoms with Gasteiger partial charge in [-0.2, -0.15) is 0 Å². The van der Waals surface area contributed by atoms with Crippen LogP contribution in [-0.2, 0) is 5.41 Å². The Morgan fingerprint density at radius 3 is 2.14 bits per heavy atom. The maximum atomic E-state index is 2.54. The highest BCUT2D eigenvalue weighted by Crippen LogP contribution is 2.36. The van der Waals surface area contributed by atoms with Crippen LogP contribution in [0.15, 0.2) is 54.6 Å². The number of rotatable bonds is 6. The third-order valence-corrected chi connectivity index (χ3v) is 4.48. The molecule has 21 heavy (non-hydrogen) atoms. The smallest absolute Gasteiger partial charge is 0.0327 e. The van der Waals surface area contributed by atoms with Crippen LogP contribution < -0.4 is 0 Å². The van der Waals surface area contributed by atoms with Gasteiger partial charge in [-0.1, -0.05) is 68.5 Å². The third-order valence-electron chi connectivity index (χ3n) is 4.48. The van der Waals surface area contributed by atoms with Crippen molar-refractivity contribution in [3.05, 3.63) is 60.2 Å². The van der Waals surface area contributed by atoms with E-state index in [0.717, 1.165) is 25.9 Å². The maximum Gasteiger partial charge on any atom is 0.0327 e. The zero-order valence-corrected chi connectivity index (χ0v) is 14.3. The van der Waals surface area contributed by atoms with E-state index in [0.29, 0.717) is 6.04 Å². The van der Waals surface area contributed by atoms with E-state index < -0.39 is 0 Å². The lowest BCUT2D eigenvalue weighted by molar-refractivity contribution is 0.206. The molecule has 1 aromatic rings. The minimum Gasteiger partial charge on any atom is -0.301 e. The predicted octanol–water partition coefficient (Wildman–Crippen LogP) is 4.98. The van der Waals surface area contributed by atoms with Crippen molar-refractivity contribution in [3.8, 4) is 0 Å². The Morgan fingerprint density at radius 2 is 1.62 bits per heavy atom. The molecule has 0 spiro atoms. The van der Waals surface area contributed by atoms with E-state index in [4.69, 9.17) is 0 Å². The SMILES string of the molecule is CCN(CC)C(C)CC1(c2ccccc2)C=CCC=C1.Cl. The molecule has 0 amide bonds. The molecule has 0 fully saturated rings. The summed E-state index contributed by atoms with van der Waals surface area (Å²) in [5, 5.41) is 0. The van der Waals surface area contributed by atoms with Crippen molar-refractivity contribution >= 4 is 12.4 Å². The Balaban J connectivity index is 0.00000220. The Labute approximate surface area is 136 Å². The van der Waals surface area contributed by atoms with Gasteiger partial charge in [-0.15, -0.1) is 12.4 Å². The Kier molecular flexibility index (Phi) is 7.21. The fourth-order valence-corrected chi connectivity index (χ4v) is 3.35. The first-order chi connectivity index (χ1) is 9.72. The molecule has 0 N–H and O–H groups in total. The van der Waals surface area contributed by atoms with Gasteiger partial charge >= 0.3 is 0 Å². The topological polar surface area (TPSA) is 3.24 Å². The van der Waals surface area contributed by atoms with E-state index >= 15 is 0 Å². The molecule has 2 rings (SSSR count). The molecule has 0 heterocycles. The third kappa shape index (κ3) is 4.21. The minimum absolute atomic E-state index is 0. The van der Waals surface area contributed by atoms with Crippen LogP contribution in [0, 0.1) is 0 Å². The van der Waals surface area contributed by atoms with Crippen LogP contribution in [0.4, 0.5) is 0 Å². The molecule has 1 aliphatic rings. The number of halogens is 1. The van der Waals surface area contributed by atoms with Gasteiger partial charge in [0.05, 0.1) is 0 Å². The molecule has 116 valence electrons. The van der Waals surface area contributed by atoms with Crippen LogP contribution >= 0.6 is 12.4 Å². The molecule has 1 atom stereocenters. The van der Waals surface area contributed by atoms with Crippen molar-refractivity contribution in [1.29, 1.82) is 0 Å². The molecule has 1 aromatic carbocycles. The first kappa shape index (κ1) is 18.0. The highest BCUT2D eigenvalue weighted by atomic mass is 35.5. The van der Waals surface area contributed by atoms with Gasteiger partial charge in [0.2, 0.25) is 0 Å². The summed E-state index contributed by atoms with van der Waals surface area (Å²) >= 11 is 0. The van der Waals surface area contributed by atoms with Crippen LogP contribution in [0.3, 0.4) is 0 Å². The number of allylic oxidation sites excluding steroid dienone is 4. The number of benzene rings is 1. The van der Waals surface area contributed by atoms with Crippen molar-refractivity contribution in [2.75, 3.05) is 13.1 Å². The lowest BCUT2D eigenvalue weighted by Gasteiger charge is -2.37. The Morgan fingerprint density at radius 1 is 1.05 bits per heavy atom. The van der Waals surface area contributed by atoms with Crippen molar-refractivity contribution in [1.82, 2.24) is 4.90 Å². The summed E-state index contributed by atoms with van der Waals surface area (Å²) in [6.07, 6.45) is 11.6. The minimum atomic E-state index is 0. The van der Waals surface area contributed by atoms with E-state index in [-0.39, 0.29) is 17.8 Å². The molecular weight excluding hydrogens is 278 g/mol. The Hall–Kier alpha value is -1.05. The lowest BCUT2D eigenvalue weighted by atomic mass is 9.73. The molecule has 0 saturated heterocycles. The predicted molar refractivity (Wildman–Crippen MR) is 95.3 cm³/mol. The van der Waals surface area contributed by atoms with E-state index in [2.05, 4.69) is 80.3 Å². The summed E-state index contributed by atoms with van der Waals surface area (Å²) in [7, 11) is 0. The Bertz CT molecular complexity index is 448. The molecule has 0 radical (unpaired) electrons. The quantitative estimate of drug-likeness (QED) is 0.670. The lowest BCUT2D eigenvalue weighted by Crippen LogP contribution is -2.38. The van der Waals surface area contributed by atoms with Crippen LogP contribution in [-0.4, -0.2) is 24.0 Å². The average Bonchev–Trinajstić information content (AvgIpc) is 2.50. The van der Waals surface area contributed by atoms with Gasteiger partial charge in [-0.05, 0) is 38.4 Å². The first-order valence-corrected chi connectivity index (χ1v) is 7.87. The maximum absolute atomic E-state index is 2.54. The zero-order chi connectivity index (χ0) is 14.4. The zero-order valence-electron chi connectivity index (χ0n) is 13.5. The standard InChI is InChI=1S/C19H27N.ClH/c1-4-20(5-2)17(3)16-19(14-10-7-11-15-19)18-12-8-6-9-13-18;/h6,8-15,17H,4-5,7,16H2,1-3H3;1H. The summed E-state index contributed by atoms with van der Waals surface area (Å²) in [5.74, 6) is 0. The fraction of sp³-hybridized carbons (Fsp3) is 0.474. The highest BCUT2D eigenvalue weighted by molar-refractivity contribution is 5.85. The first-order valence-electron chi connectivity index (χ1n) is 7.87. The monoisotopic (exact) mass is 305 g/mol. The number of hydrogen-bond donors (Lipinski definition) is 0. The van der Waals surface area contributed by atoms with Gasteiger partial charge in [0, 0.05) is 11.5 Å². The molecular formula is C19H28ClN. The second-order valence-electron chi connectivity index (χ2n) is 5.72. The highest BCUT2D eigenvalue weighted by Gasteiger charge is 2.30. The largest absolute Gasteiger partial charge is 0.301 e. The summed E-state index contributed by atoms with van der Waals surface area (Å²) < 4.78 is 0. The van der Waals surface area contributed by atoms with E-state index in [9.17, 15) is 0 Å². The molecule has 0 aromatic heterocycles.